The smallest absolute Gasteiger partial charge is 0.450 e. The molecule has 0 aliphatic heterocycles. The second kappa shape index (κ2) is 10.4. The summed E-state index contributed by atoms with van der Waals surface area (Å²) in [5.74, 6) is 0. The lowest BCUT2D eigenvalue weighted by molar-refractivity contribution is 0.0247. The van der Waals surface area contributed by atoms with E-state index in [1.54, 1.807) is 0 Å². The van der Waals surface area contributed by atoms with Gasteiger partial charge in [0.1, 0.15) is 0 Å². The molecule has 0 aromatic carbocycles. The Kier molecular flexibility index (Phi) is 11.0. The van der Waals surface area contributed by atoms with Gasteiger partial charge in [0.25, 0.3) is 6.43 Å². The van der Waals surface area contributed by atoms with E-state index in [-0.39, 0.29) is 0 Å². The van der Waals surface area contributed by atoms with E-state index >= 15 is 0 Å². The molecule has 0 saturated carbocycles. The number of alkyl halides is 3. The summed E-state index contributed by atoms with van der Waals surface area (Å²) in [6.45, 7) is -2.18. The fourth-order valence-electron chi connectivity index (χ4n) is 0.238. The highest BCUT2D eigenvalue weighted by Crippen LogP contribution is 1.91. The van der Waals surface area contributed by atoms with Crippen molar-refractivity contribution in [2.24, 2.45) is 0 Å². The van der Waals surface area contributed by atoms with Crippen molar-refractivity contribution in [1.29, 1.82) is 0 Å². The van der Waals surface area contributed by atoms with Crippen LogP contribution in [0.2, 0.25) is 0 Å². The van der Waals surface area contributed by atoms with Crippen molar-refractivity contribution in [1.82, 2.24) is 0 Å². The van der Waals surface area contributed by atoms with Crippen molar-refractivity contribution < 1.29 is 42.1 Å². The number of hydrogen-bond acceptors (Lipinski definition) is 5. The highest BCUT2D eigenvalue weighted by Gasteiger charge is 2.04. The third-order valence-electron chi connectivity index (χ3n) is 0.672. The van der Waals surface area contributed by atoms with Gasteiger partial charge in [-0.05, 0) is 0 Å². The van der Waals surface area contributed by atoms with Crippen LogP contribution in [0.3, 0.4) is 0 Å². The van der Waals surface area contributed by atoms with Gasteiger partial charge in [0.15, 0.2) is 6.61 Å². The maximum absolute atomic E-state index is 11.0. The van der Waals surface area contributed by atoms with Crippen LogP contribution in [-0.4, -0.2) is 44.4 Å². The topological polar surface area (TPSA) is 82.1 Å². The van der Waals surface area contributed by atoms with Crippen molar-refractivity contribution in [2.45, 2.75) is 6.43 Å². The summed E-state index contributed by atoms with van der Waals surface area (Å²) in [6, 6.07) is 0. The summed E-state index contributed by atoms with van der Waals surface area (Å²) < 4.78 is 43.9. The van der Waals surface area contributed by atoms with Crippen LogP contribution in [0.15, 0.2) is 0 Å². The van der Waals surface area contributed by atoms with Gasteiger partial charge in [0.05, 0.1) is 7.11 Å². The molecule has 0 aromatic heterocycles. The Morgan fingerprint density at radius 2 is 1.87 bits per heavy atom. The molecule has 0 bridgehead atoms. The van der Waals surface area contributed by atoms with E-state index in [1.165, 1.54) is 0 Å². The first-order valence-electron chi connectivity index (χ1n) is 3.34. The molecule has 9 heteroatoms. The minimum atomic E-state index is -2.72. The normalized spacial score (nSPS) is 8.60. The van der Waals surface area contributed by atoms with Gasteiger partial charge in [-0.1, -0.05) is 0 Å². The molecule has 0 aromatic rings. The molecule has 0 unspecified atom stereocenters. The van der Waals surface area contributed by atoms with Gasteiger partial charge in [-0.3, -0.25) is 0 Å². The lowest BCUT2D eigenvalue weighted by Gasteiger charge is -1.95. The minimum Gasteiger partial charge on any atom is -0.450 e. The number of ether oxygens (including phenoxy) is 3. The number of rotatable bonds is 3. The van der Waals surface area contributed by atoms with Crippen LogP contribution in [0.25, 0.3) is 0 Å². The van der Waals surface area contributed by atoms with Crippen molar-refractivity contribution in [3.05, 3.63) is 0 Å². The molecule has 0 aliphatic rings. The Morgan fingerprint density at radius 1 is 1.33 bits per heavy atom. The van der Waals surface area contributed by atoms with E-state index in [4.69, 9.17) is 5.11 Å². The van der Waals surface area contributed by atoms with Gasteiger partial charge in [-0.25, -0.2) is 22.8 Å². The van der Waals surface area contributed by atoms with Crippen LogP contribution in [0, 0.1) is 0 Å². The molecule has 0 saturated heterocycles. The van der Waals surface area contributed by atoms with Gasteiger partial charge in [-0.2, -0.15) is 0 Å². The predicted molar refractivity (Wildman–Crippen MR) is 39.4 cm³/mol. The summed E-state index contributed by atoms with van der Waals surface area (Å²) in [6.07, 6.45) is -5.39. The SMILES string of the molecule is COC(=O)OCF.O=C(O)OCC(F)F. The van der Waals surface area contributed by atoms with Crippen molar-refractivity contribution in [2.75, 3.05) is 20.6 Å². The summed E-state index contributed by atoms with van der Waals surface area (Å²) in [4.78, 5) is 19.1. The standard InChI is InChI=1S/C3H4F2O3.C3H5FO3/c4-2(5)1-8-3(6)7;1-6-3(5)7-2-4/h2H,1H2,(H,6,7);2H2,1H3. The molecule has 0 spiro atoms. The Balaban J connectivity index is 0. The quantitative estimate of drug-likeness (QED) is 0.747. The largest absolute Gasteiger partial charge is 0.510 e. The highest BCUT2D eigenvalue weighted by atomic mass is 19.3. The Labute approximate surface area is 82.5 Å². The molecule has 0 aliphatic carbocycles. The van der Waals surface area contributed by atoms with Crippen molar-refractivity contribution in [3.8, 4) is 0 Å². The van der Waals surface area contributed by atoms with Gasteiger partial charge < -0.3 is 19.3 Å². The van der Waals surface area contributed by atoms with Gasteiger partial charge in [-0.15, -0.1) is 0 Å². The number of carbonyl (C=O) groups excluding carboxylic acids is 1. The number of carboxylic acid groups (broad SMARTS) is 1. The lowest BCUT2D eigenvalue weighted by atomic mass is 10.8. The molecule has 15 heavy (non-hydrogen) atoms. The maximum atomic E-state index is 11.0. The third-order valence-corrected chi connectivity index (χ3v) is 0.672. The van der Waals surface area contributed by atoms with Crippen LogP contribution in [0.4, 0.5) is 22.8 Å². The molecule has 6 nitrogen and oxygen atoms in total. The van der Waals surface area contributed by atoms with Crippen LogP contribution in [0.5, 0.6) is 0 Å². The fraction of sp³-hybridized carbons (Fsp3) is 0.667. The number of halogens is 3. The minimum absolute atomic E-state index is 0.998. The molecule has 0 fully saturated rings. The van der Waals surface area contributed by atoms with E-state index in [9.17, 15) is 22.8 Å². The predicted octanol–water partition coefficient (Wildman–Crippen LogP) is 1.64. The van der Waals surface area contributed by atoms with E-state index in [2.05, 4.69) is 14.2 Å². The number of carbonyl (C=O) groups is 2. The first-order valence-corrected chi connectivity index (χ1v) is 3.34. The monoisotopic (exact) mass is 234 g/mol. The van der Waals surface area contributed by atoms with Crippen LogP contribution in [0.1, 0.15) is 0 Å². The Morgan fingerprint density at radius 3 is 2.00 bits per heavy atom. The number of hydrogen-bond donors (Lipinski definition) is 1. The first kappa shape index (κ1) is 15.8. The summed E-state index contributed by atoms with van der Waals surface area (Å²) in [5.41, 5.74) is 0. The highest BCUT2D eigenvalue weighted by molar-refractivity contribution is 5.59. The van der Waals surface area contributed by atoms with E-state index in [0.717, 1.165) is 7.11 Å². The van der Waals surface area contributed by atoms with E-state index in [1.807, 2.05) is 0 Å². The molecule has 90 valence electrons. The number of methoxy groups -OCH3 is 1. The van der Waals surface area contributed by atoms with Crippen molar-refractivity contribution in [3.63, 3.8) is 0 Å². The average Bonchev–Trinajstić information content (AvgIpc) is 2.16. The van der Waals surface area contributed by atoms with Crippen LogP contribution >= 0.6 is 0 Å². The second-order valence-corrected chi connectivity index (χ2v) is 1.68. The third kappa shape index (κ3) is 19.0. The summed E-state index contributed by atoms with van der Waals surface area (Å²) >= 11 is 0. The van der Waals surface area contributed by atoms with E-state index < -0.39 is 32.2 Å². The van der Waals surface area contributed by atoms with Crippen LogP contribution < -0.4 is 0 Å². The first-order chi connectivity index (χ1) is 6.93. The molecule has 0 radical (unpaired) electrons. The maximum Gasteiger partial charge on any atom is 0.510 e. The Hall–Kier alpha value is -1.67. The zero-order valence-corrected chi connectivity index (χ0v) is 7.61. The summed E-state index contributed by atoms with van der Waals surface area (Å²) in [5, 5.41) is 7.61. The fourth-order valence-corrected chi connectivity index (χ4v) is 0.238. The molecule has 0 amide bonds. The zero-order chi connectivity index (χ0) is 12.3. The molecule has 1 N–H and O–H groups in total. The molecular weight excluding hydrogens is 225 g/mol. The van der Waals surface area contributed by atoms with Gasteiger partial charge in [0, 0.05) is 0 Å². The second-order valence-electron chi connectivity index (χ2n) is 1.68. The molecule has 0 atom stereocenters. The molecule has 0 rings (SSSR count). The molecular formula is C6H9F3O6. The molecule has 0 heterocycles. The van der Waals surface area contributed by atoms with E-state index in [0.29, 0.717) is 0 Å². The average molecular weight is 234 g/mol. The zero-order valence-electron chi connectivity index (χ0n) is 7.61. The summed E-state index contributed by atoms with van der Waals surface area (Å²) in [7, 11) is 1.11. The lowest BCUT2D eigenvalue weighted by Crippen LogP contribution is -2.08. The Bertz CT molecular complexity index is 186. The van der Waals surface area contributed by atoms with Gasteiger partial charge >= 0.3 is 12.3 Å². The van der Waals surface area contributed by atoms with Gasteiger partial charge in [0.2, 0.25) is 6.86 Å². The van der Waals surface area contributed by atoms with Crippen molar-refractivity contribution >= 4 is 12.3 Å². The van der Waals surface area contributed by atoms with Crippen LogP contribution in [-0.2, 0) is 14.2 Å².